The fourth-order valence-corrected chi connectivity index (χ4v) is 1.81. The number of anilines is 1. The molecule has 0 heterocycles. The lowest BCUT2D eigenvalue weighted by molar-refractivity contribution is -0.139. The molecule has 21 heavy (non-hydrogen) atoms. The SMILES string of the molecule is CCCC(NCC(=O)Nc1ccc(C(C)=O)cc1)C(=O)O. The van der Waals surface area contributed by atoms with Gasteiger partial charge in [-0.1, -0.05) is 13.3 Å². The van der Waals surface area contributed by atoms with Crippen LogP contribution in [-0.4, -0.2) is 35.4 Å². The molecule has 114 valence electrons. The van der Waals surface area contributed by atoms with Gasteiger partial charge in [-0.25, -0.2) is 0 Å². The summed E-state index contributed by atoms with van der Waals surface area (Å²) >= 11 is 0. The normalized spacial score (nSPS) is 11.7. The quantitative estimate of drug-likeness (QED) is 0.633. The summed E-state index contributed by atoms with van der Waals surface area (Å²) in [6.07, 6.45) is 1.19. The van der Waals surface area contributed by atoms with E-state index in [4.69, 9.17) is 5.11 Å². The minimum absolute atomic E-state index is 0.0431. The Balaban J connectivity index is 2.49. The van der Waals surface area contributed by atoms with Crippen molar-refractivity contribution in [2.45, 2.75) is 32.7 Å². The Bertz CT molecular complexity index is 511. The van der Waals surface area contributed by atoms with Crippen LogP contribution in [0.3, 0.4) is 0 Å². The number of hydrogen-bond donors (Lipinski definition) is 3. The first-order valence-electron chi connectivity index (χ1n) is 6.81. The molecule has 0 spiro atoms. The molecule has 0 saturated heterocycles. The van der Waals surface area contributed by atoms with Gasteiger partial charge < -0.3 is 10.4 Å². The third-order valence-electron chi connectivity index (χ3n) is 2.96. The number of aliphatic carboxylic acids is 1. The molecule has 1 aromatic rings. The maximum Gasteiger partial charge on any atom is 0.320 e. The summed E-state index contributed by atoms with van der Waals surface area (Å²) in [7, 11) is 0. The first-order chi connectivity index (χ1) is 9.93. The summed E-state index contributed by atoms with van der Waals surface area (Å²) in [5, 5.41) is 14.3. The molecule has 0 fully saturated rings. The van der Waals surface area contributed by atoms with Gasteiger partial charge in [0.05, 0.1) is 6.54 Å². The molecule has 1 amide bonds. The van der Waals surface area contributed by atoms with Crippen molar-refractivity contribution in [2.75, 3.05) is 11.9 Å². The topological polar surface area (TPSA) is 95.5 Å². The van der Waals surface area contributed by atoms with Gasteiger partial charge in [0, 0.05) is 11.3 Å². The third kappa shape index (κ3) is 5.74. The van der Waals surface area contributed by atoms with E-state index in [0.29, 0.717) is 17.7 Å². The van der Waals surface area contributed by atoms with Crippen LogP contribution >= 0.6 is 0 Å². The molecule has 6 heteroatoms. The van der Waals surface area contributed by atoms with Gasteiger partial charge in [-0.2, -0.15) is 0 Å². The Hall–Kier alpha value is -2.21. The maximum atomic E-state index is 11.7. The number of carbonyl (C=O) groups is 3. The second kappa shape index (κ2) is 8.16. The molecule has 0 saturated carbocycles. The van der Waals surface area contributed by atoms with E-state index in [1.165, 1.54) is 6.92 Å². The van der Waals surface area contributed by atoms with Crippen LogP contribution in [0.4, 0.5) is 5.69 Å². The van der Waals surface area contributed by atoms with Crippen molar-refractivity contribution in [2.24, 2.45) is 0 Å². The molecular formula is C15H20N2O4. The first-order valence-corrected chi connectivity index (χ1v) is 6.81. The molecule has 0 bridgehead atoms. The van der Waals surface area contributed by atoms with E-state index in [1.54, 1.807) is 24.3 Å². The van der Waals surface area contributed by atoms with E-state index in [-0.39, 0.29) is 18.2 Å². The highest BCUT2D eigenvalue weighted by Gasteiger charge is 2.16. The van der Waals surface area contributed by atoms with Gasteiger partial charge in [0.15, 0.2) is 5.78 Å². The average molecular weight is 292 g/mol. The Morgan fingerprint density at radius 2 is 1.81 bits per heavy atom. The lowest BCUT2D eigenvalue weighted by Gasteiger charge is -2.13. The summed E-state index contributed by atoms with van der Waals surface area (Å²) in [5.74, 6) is -1.33. The van der Waals surface area contributed by atoms with Crippen LogP contribution in [0.15, 0.2) is 24.3 Å². The van der Waals surface area contributed by atoms with Crippen LogP contribution in [0.25, 0.3) is 0 Å². The lowest BCUT2D eigenvalue weighted by Crippen LogP contribution is -2.41. The molecule has 0 radical (unpaired) electrons. The molecule has 3 N–H and O–H groups in total. The summed E-state index contributed by atoms with van der Waals surface area (Å²) in [6, 6.07) is 5.80. The molecular weight excluding hydrogens is 272 g/mol. The van der Waals surface area contributed by atoms with Crippen molar-refractivity contribution in [1.29, 1.82) is 0 Å². The molecule has 0 aliphatic rings. The molecule has 1 aromatic carbocycles. The number of Topliss-reactive ketones (excluding diaryl/α,β-unsaturated/α-hetero) is 1. The standard InChI is InChI=1S/C15H20N2O4/c1-3-4-13(15(20)21)16-9-14(19)17-12-7-5-11(6-8-12)10(2)18/h5-8,13,16H,3-4,9H2,1-2H3,(H,17,19)(H,20,21). The smallest absolute Gasteiger partial charge is 0.320 e. The molecule has 0 aliphatic heterocycles. The Morgan fingerprint density at radius 3 is 2.29 bits per heavy atom. The minimum atomic E-state index is -0.963. The van der Waals surface area contributed by atoms with Crippen LogP contribution in [0, 0.1) is 0 Å². The van der Waals surface area contributed by atoms with E-state index in [2.05, 4.69) is 10.6 Å². The van der Waals surface area contributed by atoms with Crippen LogP contribution in [0.5, 0.6) is 0 Å². The minimum Gasteiger partial charge on any atom is -0.480 e. The Labute approximate surface area is 123 Å². The largest absolute Gasteiger partial charge is 0.480 e. The fraction of sp³-hybridized carbons (Fsp3) is 0.400. The van der Waals surface area contributed by atoms with Gasteiger partial charge in [-0.3, -0.25) is 19.7 Å². The molecule has 1 atom stereocenters. The highest BCUT2D eigenvalue weighted by atomic mass is 16.4. The number of hydrogen-bond acceptors (Lipinski definition) is 4. The average Bonchev–Trinajstić information content (AvgIpc) is 2.43. The molecule has 1 unspecified atom stereocenters. The summed E-state index contributed by atoms with van der Waals surface area (Å²) in [4.78, 5) is 33.8. The van der Waals surface area contributed by atoms with Crippen molar-refractivity contribution < 1.29 is 19.5 Å². The predicted molar refractivity (Wildman–Crippen MR) is 79.4 cm³/mol. The number of ketones is 1. The first kappa shape index (κ1) is 16.8. The second-order valence-corrected chi connectivity index (χ2v) is 4.74. The van der Waals surface area contributed by atoms with Gasteiger partial charge in [0.2, 0.25) is 5.91 Å². The number of carbonyl (C=O) groups excluding carboxylic acids is 2. The van der Waals surface area contributed by atoms with Gasteiger partial charge in [-0.05, 0) is 37.6 Å². The van der Waals surface area contributed by atoms with Gasteiger partial charge in [-0.15, -0.1) is 0 Å². The number of nitrogens with one attached hydrogen (secondary N) is 2. The van der Waals surface area contributed by atoms with Crippen LogP contribution in [0.1, 0.15) is 37.0 Å². The van der Waals surface area contributed by atoms with Crippen molar-refractivity contribution in [1.82, 2.24) is 5.32 Å². The van der Waals surface area contributed by atoms with Crippen molar-refractivity contribution in [3.63, 3.8) is 0 Å². The van der Waals surface area contributed by atoms with Crippen molar-refractivity contribution in [3.8, 4) is 0 Å². The summed E-state index contributed by atoms with van der Waals surface area (Å²) < 4.78 is 0. The molecule has 0 aliphatic carbocycles. The monoisotopic (exact) mass is 292 g/mol. The van der Waals surface area contributed by atoms with Crippen molar-refractivity contribution in [3.05, 3.63) is 29.8 Å². The van der Waals surface area contributed by atoms with E-state index < -0.39 is 12.0 Å². The number of carboxylic acid groups (broad SMARTS) is 1. The third-order valence-corrected chi connectivity index (χ3v) is 2.96. The zero-order chi connectivity index (χ0) is 15.8. The lowest BCUT2D eigenvalue weighted by atomic mass is 10.1. The summed E-state index contributed by atoms with van der Waals surface area (Å²) in [6.45, 7) is 3.27. The Kier molecular flexibility index (Phi) is 6.55. The highest BCUT2D eigenvalue weighted by Crippen LogP contribution is 2.09. The van der Waals surface area contributed by atoms with Gasteiger partial charge >= 0.3 is 5.97 Å². The molecule has 0 aromatic heterocycles. The van der Waals surface area contributed by atoms with Crippen LogP contribution in [-0.2, 0) is 9.59 Å². The van der Waals surface area contributed by atoms with E-state index in [0.717, 1.165) is 6.42 Å². The zero-order valence-electron chi connectivity index (χ0n) is 12.2. The number of amides is 1. The van der Waals surface area contributed by atoms with E-state index >= 15 is 0 Å². The zero-order valence-corrected chi connectivity index (χ0v) is 12.2. The maximum absolute atomic E-state index is 11.7. The Morgan fingerprint density at radius 1 is 1.19 bits per heavy atom. The fourth-order valence-electron chi connectivity index (χ4n) is 1.81. The van der Waals surface area contributed by atoms with Crippen molar-refractivity contribution >= 4 is 23.3 Å². The molecule has 6 nitrogen and oxygen atoms in total. The number of benzene rings is 1. The number of rotatable bonds is 8. The van der Waals surface area contributed by atoms with Gasteiger partial charge in [0.1, 0.15) is 6.04 Å². The van der Waals surface area contributed by atoms with E-state index in [9.17, 15) is 14.4 Å². The highest BCUT2D eigenvalue weighted by molar-refractivity contribution is 5.96. The molecule has 1 rings (SSSR count). The van der Waals surface area contributed by atoms with Crippen LogP contribution in [0.2, 0.25) is 0 Å². The predicted octanol–water partition coefficient (Wildman–Crippen LogP) is 1.67. The second-order valence-electron chi connectivity index (χ2n) is 4.74. The number of carboxylic acids is 1. The van der Waals surface area contributed by atoms with Crippen LogP contribution < -0.4 is 10.6 Å². The van der Waals surface area contributed by atoms with Gasteiger partial charge in [0.25, 0.3) is 0 Å². The van der Waals surface area contributed by atoms with E-state index in [1.807, 2.05) is 6.92 Å². The summed E-state index contributed by atoms with van der Waals surface area (Å²) in [5.41, 5.74) is 1.13.